The maximum atomic E-state index is 11.4. The zero-order chi connectivity index (χ0) is 9.68. The Morgan fingerprint density at radius 1 is 1.54 bits per heavy atom. The Balaban J connectivity index is 2.54. The summed E-state index contributed by atoms with van der Waals surface area (Å²) < 4.78 is 0. The van der Waals surface area contributed by atoms with Gasteiger partial charge in [-0.05, 0) is 19.3 Å². The van der Waals surface area contributed by atoms with Crippen LogP contribution in [0.4, 0.5) is 0 Å². The molecule has 0 saturated carbocycles. The molecule has 0 aromatic heterocycles. The minimum Gasteiger partial charge on any atom is -0.336 e. The van der Waals surface area contributed by atoms with Gasteiger partial charge < -0.3 is 4.90 Å². The van der Waals surface area contributed by atoms with E-state index in [2.05, 4.69) is 26.0 Å². The van der Waals surface area contributed by atoms with Crippen LogP contribution in [0.15, 0.2) is 12.2 Å². The van der Waals surface area contributed by atoms with E-state index in [-0.39, 0.29) is 0 Å². The molecule has 74 valence electrons. The van der Waals surface area contributed by atoms with Crippen molar-refractivity contribution in [2.24, 2.45) is 0 Å². The molecular formula is C11H19NO. The first kappa shape index (κ1) is 10.3. The summed E-state index contributed by atoms with van der Waals surface area (Å²) in [6.07, 6.45) is 8.19. The number of hydrogen-bond acceptors (Lipinski definition) is 1. The first-order valence-corrected chi connectivity index (χ1v) is 5.25. The lowest BCUT2D eigenvalue weighted by Gasteiger charge is -2.23. The molecule has 1 heterocycles. The molecule has 1 saturated heterocycles. The fourth-order valence-corrected chi connectivity index (χ4v) is 1.77. The molecule has 0 aromatic rings. The molecule has 2 nitrogen and oxygen atoms in total. The first-order valence-electron chi connectivity index (χ1n) is 5.25. The van der Waals surface area contributed by atoms with Crippen LogP contribution in [0.25, 0.3) is 0 Å². The molecule has 0 radical (unpaired) electrons. The number of nitrogens with zero attached hydrogens (tertiary/aromatic N) is 1. The lowest BCUT2D eigenvalue weighted by atomic mass is 10.1. The van der Waals surface area contributed by atoms with E-state index in [1.54, 1.807) is 0 Å². The summed E-state index contributed by atoms with van der Waals surface area (Å²) in [6.45, 7) is 5.21. The summed E-state index contributed by atoms with van der Waals surface area (Å²) in [4.78, 5) is 13.4. The number of rotatable bonds is 4. The van der Waals surface area contributed by atoms with E-state index in [9.17, 15) is 4.79 Å². The summed E-state index contributed by atoms with van der Waals surface area (Å²) in [5, 5.41) is 0. The molecule has 1 aliphatic heterocycles. The molecular weight excluding hydrogens is 162 g/mol. The zero-order valence-corrected chi connectivity index (χ0v) is 8.62. The van der Waals surface area contributed by atoms with Crippen LogP contribution in [0, 0.1) is 0 Å². The number of likely N-dealkylation sites (tertiary alicyclic amines) is 1. The molecule has 1 atom stereocenters. The van der Waals surface area contributed by atoms with Gasteiger partial charge in [-0.2, -0.15) is 0 Å². The van der Waals surface area contributed by atoms with E-state index in [1.165, 1.54) is 0 Å². The van der Waals surface area contributed by atoms with Gasteiger partial charge in [0.2, 0.25) is 5.91 Å². The van der Waals surface area contributed by atoms with Crippen LogP contribution >= 0.6 is 0 Å². The molecule has 0 bridgehead atoms. The summed E-state index contributed by atoms with van der Waals surface area (Å²) in [6, 6.07) is 0.343. The van der Waals surface area contributed by atoms with Crippen LogP contribution in [0.1, 0.15) is 39.5 Å². The van der Waals surface area contributed by atoms with Crippen molar-refractivity contribution in [1.82, 2.24) is 4.90 Å². The Hall–Kier alpha value is -0.790. The van der Waals surface area contributed by atoms with Gasteiger partial charge in [-0.25, -0.2) is 0 Å². The van der Waals surface area contributed by atoms with Gasteiger partial charge in [0.25, 0.3) is 0 Å². The normalized spacial score (nSPS) is 20.2. The van der Waals surface area contributed by atoms with Crippen molar-refractivity contribution in [3.63, 3.8) is 0 Å². The van der Waals surface area contributed by atoms with Gasteiger partial charge in [-0.15, -0.1) is 0 Å². The predicted octanol–water partition coefficient (Wildman–Crippen LogP) is 2.35. The standard InChI is InChI=1S/C11H19NO/c1-3-5-7-10(4-2)12-9-6-8-11(12)13/h5,7,10H,3-4,6,8-9H2,1-2H3/b7-5+/t10-/m0/s1. The van der Waals surface area contributed by atoms with Gasteiger partial charge in [-0.3, -0.25) is 4.79 Å². The fraction of sp³-hybridized carbons (Fsp3) is 0.727. The van der Waals surface area contributed by atoms with Crippen LogP contribution in [0.5, 0.6) is 0 Å². The summed E-state index contributed by atoms with van der Waals surface area (Å²) in [5.41, 5.74) is 0. The second kappa shape index (κ2) is 5.05. The monoisotopic (exact) mass is 181 g/mol. The van der Waals surface area contributed by atoms with Crippen LogP contribution in [-0.2, 0) is 4.79 Å². The first-order chi connectivity index (χ1) is 6.29. The third-order valence-corrected chi connectivity index (χ3v) is 2.52. The molecule has 0 aliphatic carbocycles. The molecule has 1 aliphatic rings. The molecule has 2 heteroatoms. The minimum atomic E-state index is 0.326. The third kappa shape index (κ3) is 2.58. The SMILES string of the molecule is CC/C=C/[C@H](CC)N1CCCC1=O. The molecule has 0 aromatic carbocycles. The van der Waals surface area contributed by atoms with Crippen molar-refractivity contribution in [2.45, 2.75) is 45.6 Å². The quantitative estimate of drug-likeness (QED) is 0.610. The van der Waals surface area contributed by atoms with Gasteiger partial charge in [0.15, 0.2) is 0 Å². The average Bonchev–Trinajstić information content (AvgIpc) is 2.54. The lowest BCUT2D eigenvalue weighted by molar-refractivity contribution is -0.128. The fourth-order valence-electron chi connectivity index (χ4n) is 1.77. The van der Waals surface area contributed by atoms with Crippen molar-refractivity contribution in [2.75, 3.05) is 6.54 Å². The highest BCUT2D eigenvalue weighted by Gasteiger charge is 2.24. The van der Waals surface area contributed by atoms with Gasteiger partial charge in [0.1, 0.15) is 0 Å². The molecule has 0 unspecified atom stereocenters. The van der Waals surface area contributed by atoms with Crippen molar-refractivity contribution in [3.8, 4) is 0 Å². The van der Waals surface area contributed by atoms with Crippen LogP contribution in [0.3, 0.4) is 0 Å². The Morgan fingerprint density at radius 2 is 2.31 bits per heavy atom. The molecule has 1 rings (SSSR count). The van der Waals surface area contributed by atoms with Crippen molar-refractivity contribution in [1.29, 1.82) is 0 Å². The second-order valence-corrected chi connectivity index (χ2v) is 3.50. The van der Waals surface area contributed by atoms with Gasteiger partial charge >= 0.3 is 0 Å². The van der Waals surface area contributed by atoms with E-state index in [4.69, 9.17) is 0 Å². The number of carbonyl (C=O) groups excluding carboxylic acids is 1. The van der Waals surface area contributed by atoms with E-state index in [0.717, 1.165) is 32.2 Å². The third-order valence-electron chi connectivity index (χ3n) is 2.52. The molecule has 0 spiro atoms. The summed E-state index contributed by atoms with van der Waals surface area (Å²) in [7, 11) is 0. The second-order valence-electron chi connectivity index (χ2n) is 3.50. The topological polar surface area (TPSA) is 20.3 Å². The molecule has 0 N–H and O–H groups in total. The molecule has 1 amide bonds. The average molecular weight is 181 g/mol. The lowest BCUT2D eigenvalue weighted by Crippen LogP contribution is -2.34. The highest BCUT2D eigenvalue weighted by molar-refractivity contribution is 5.78. The Bertz CT molecular complexity index is 198. The maximum absolute atomic E-state index is 11.4. The largest absolute Gasteiger partial charge is 0.336 e. The predicted molar refractivity (Wildman–Crippen MR) is 54.5 cm³/mol. The number of carbonyl (C=O) groups is 1. The maximum Gasteiger partial charge on any atom is 0.223 e. The molecule has 1 fully saturated rings. The smallest absolute Gasteiger partial charge is 0.223 e. The van der Waals surface area contributed by atoms with Crippen LogP contribution in [-0.4, -0.2) is 23.4 Å². The molecule has 13 heavy (non-hydrogen) atoms. The Morgan fingerprint density at radius 3 is 2.77 bits per heavy atom. The van der Waals surface area contributed by atoms with E-state index in [1.807, 2.05) is 4.90 Å². The Labute approximate surface area is 80.6 Å². The van der Waals surface area contributed by atoms with E-state index < -0.39 is 0 Å². The zero-order valence-electron chi connectivity index (χ0n) is 8.62. The van der Waals surface area contributed by atoms with Crippen LogP contribution < -0.4 is 0 Å². The minimum absolute atomic E-state index is 0.326. The number of amides is 1. The summed E-state index contributed by atoms with van der Waals surface area (Å²) in [5.74, 6) is 0.326. The number of hydrogen-bond donors (Lipinski definition) is 0. The Kier molecular flexibility index (Phi) is 4.00. The van der Waals surface area contributed by atoms with Crippen molar-refractivity contribution in [3.05, 3.63) is 12.2 Å². The van der Waals surface area contributed by atoms with E-state index in [0.29, 0.717) is 11.9 Å². The summed E-state index contributed by atoms with van der Waals surface area (Å²) >= 11 is 0. The number of allylic oxidation sites excluding steroid dienone is 1. The highest BCUT2D eigenvalue weighted by atomic mass is 16.2. The van der Waals surface area contributed by atoms with Crippen molar-refractivity contribution < 1.29 is 4.79 Å². The van der Waals surface area contributed by atoms with Gasteiger partial charge in [0, 0.05) is 19.0 Å². The van der Waals surface area contributed by atoms with E-state index >= 15 is 0 Å². The van der Waals surface area contributed by atoms with Gasteiger partial charge in [-0.1, -0.05) is 26.0 Å². The highest BCUT2D eigenvalue weighted by Crippen LogP contribution is 2.16. The van der Waals surface area contributed by atoms with Gasteiger partial charge in [0.05, 0.1) is 0 Å². The van der Waals surface area contributed by atoms with Crippen molar-refractivity contribution >= 4 is 5.91 Å². The van der Waals surface area contributed by atoms with Crippen LogP contribution in [0.2, 0.25) is 0 Å².